The molecule has 0 bridgehead atoms. The Balaban J connectivity index is 0.00000240. The van der Waals surface area contributed by atoms with Crippen LogP contribution in [0, 0.1) is 0 Å². The third kappa shape index (κ3) is 4.74. The van der Waals surface area contributed by atoms with E-state index in [0.29, 0.717) is 12.6 Å². The molecule has 162 valence electrons. The lowest BCUT2D eigenvalue weighted by Crippen LogP contribution is -2.57. The van der Waals surface area contributed by atoms with Gasteiger partial charge in [0, 0.05) is 31.9 Å². The van der Waals surface area contributed by atoms with Crippen LogP contribution in [0.25, 0.3) is 0 Å². The predicted octanol–water partition coefficient (Wildman–Crippen LogP) is 5.07. The highest BCUT2D eigenvalue weighted by Crippen LogP contribution is 2.39. The molecule has 0 N–H and O–H groups in total. The van der Waals surface area contributed by atoms with Crippen molar-refractivity contribution >= 4 is 24.0 Å². The molecule has 1 aromatic rings. The Morgan fingerprint density at radius 2 is 1.41 bits per heavy atom. The second-order valence-corrected chi connectivity index (χ2v) is 9.18. The average Bonchev–Trinajstić information content (AvgIpc) is 2.98. The lowest BCUT2D eigenvalue weighted by Gasteiger charge is -2.45. The Kier molecular flexibility index (Phi) is 7.86. The minimum atomic E-state index is -0.331. The Labute approximate surface area is 183 Å². The summed E-state index contributed by atoms with van der Waals surface area (Å²) in [7, 11) is 1.96. The van der Waals surface area contributed by atoms with Gasteiger partial charge in [0.1, 0.15) is 5.54 Å². The van der Waals surface area contributed by atoms with Gasteiger partial charge in [-0.05, 0) is 37.8 Å². The van der Waals surface area contributed by atoms with E-state index in [1.54, 1.807) is 0 Å². The van der Waals surface area contributed by atoms with Crippen LogP contribution < -0.4 is 4.90 Å². The summed E-state index contributed by atoms with van der Waals surface area (Å²) in [6, 6.07) is 11.3. The smallest absolute Gasteiger partial charge is 0.249 e. The number of para-hydroxylation sites is 1. The van der Waals surface area contributed by atoms with Crippen molar-refractivity contribution in [2.45, 2.75) is 82.2 Å². The van der Waals surface area contributed by atoms with Gasteiger partial charge in [0.2, 0.25) is 5.91 Å². The number of likely N-dealkylation sites (tertiary alicyclic amines) is 1. The summed E-state index contributed by atoms with van der Waals surface area (Å²) in [6.45, 7) is 2.84. The number of likely N-dealkylation sites (N-methyl/N-ethyl adjacent to an activating group) is 1. The zero-order chi connectivity index (χ0) is 19.4. The maximum Gasteiger partial charge on any atom is 0.249 e. The Hall–Kier alpha value is -1.26. The minimum absolute atomic E-state index is 0. The molecule has 4 nitrogen and oxygen atoms in total. The number of piperidine rings is 1. The number of benzene rings is 1. The number of anilines is 1. The quantitative estimate of drug-likeness (QED) is 0.669. The molecule has 5 heteroatoms. The Morgan fingerprint density at radius 1 is 0.862 bits per heavy atom. The van der Waals surface area contributed by atoms with Crippen LogP contribution >= 0.6 is 12.4 Å². The van der Waals surface area contributed by atoms with Gasteiger partial charge in [-0.15, -0.1) is 12.4 Å². The number of amides is 1. The fraction of sp³-hybridized carbons (Fsp3) is 0.708. The molecule has 0 radical (unpaired) electrons. The summed E-state index contributed by atoms with van der Waals surface area (Å²) in [4.78, 5) is 20.2. The van der Waals surface area contributed by atoms with Crippen molar-refractivity contribution in [2.75, 3.05) is 31.7 Å². The summed E-state index contributed by atoms with van der Waals surface area (Å²) < 4.78 is 0. The van der Waals surface area contributed by atoms with E-state index in [4.69, 9.17) is 0 Å². The van der Waals surface area contributed by atoms with Gasteiger partial charge in [-0.25, -0.2) is 0 Å². The molecular formula is C24H38ClN3O. The summed E-state index contributed by atoms with van der Waals surface area (Å²) in [6.07, 6.45) is 14.5. The number of carbonyl (C=O) groups excluding carboxylic acids is 1. The lowest BCUT2D eigenvalue weighted by molar-refractivity contribution is -0.132. The first-order chi connectivity index (χ1) is 13.7. The Bertz CT molecular complexity index is 635. The average molecular weight is 420 g/mol. The second-order valence-electron chi connectivity index (χ2n) is 9.18. The first-order valence-corrected chi connectivity index (χ1v) is 11.5. The maximum absolute atomic E-state index is 13.2. The number of hydrogen-bond acceptors (Lipinski definition) is 3. The molecule has 1 saturated carbocycles. The molecule has 0 atom stereocenters. The predicted molar refractivity (Wildman–Crippen MR) is 123 cm³/mol. The molecule has 1 aromatic carbocycles. The van der Waals surface area contributed by atoms with E-state index in [0.717, 1.165) is 32.0 Å². The first kappa shape index (κ1) is 22.4. The fourth-order valence-corrected chi connectivity index (χ4v) is 5.72. The number of hydrogen-bond donors (Lipinski definition) is 0. The zero-order valence-electron chi connectivity index (χ0n) is 18.0. The highest BCUT2D eigenvalue weighted by atomic mass is 35.5. The van der Waals surface area contributed by atoms with Gasteiger partial charge in [-0.2, -0.15) is 0 Å². The monoisotopic (exact) mass is 419 g/mol. The molecule has 3 aliphatic rings. The van der Waals surface area contributed by atoms with Crippen LogP contribution in [0.3, 0.4) is 0 Å². The highest BCUT2D eigenvalue weighted by molar-refractivity contribution is 5.93. The second kappa shape index (κ2) is 10.2. The van der Waals surface area contributed by atoms with E-state index in [-0.39, 0.29) is 17.9 Å². The van der Waals surface area contributed by atoms with Crippen LogP contribution in [0.1, 0.15) is 70.6 Å². The molecule has 2 heterocycles. The van der Waals surface area contributed by atoms with Crippen LogP contribution in [0.5, 0.6) is 0 Å². The van der Waals surface area contributed by atoms with Gasteiger partial charge in [-0.3, -0.25) is 4.79 Å². The van der Waals surface area contributed by atoms with Gasteiger partial charge in [-0.1, -0.05) is 63.1 Å². The van der Waals surface area contributed by atoms with Gasteiger partial charge in [0.05, 0.1) is 6.67 Å². The third-order valence-corrected chi connectivity index (χ3v) is 7.40. The van der Waals surface area contributed by atoms with Crippen molar-refractivity contribution < 1.29 is 4.79 Å². The summed E-state index contributed by atoms with van der Waals surface area (Å²) in [5.41, 5.74) is 0.857. The van der Waals surface area contributed by atoms with E-state index in [1.165, 1.54) is 63.5 Å². The standard InChI is InChI=1S/C24H37N3O.ClH/c1-25-20-27(22-14-10-7-11-15-22)24(23(25)28)16-18-26(19-17-24)21-12-8-5-3-2-4-6-9-13-21;/h7,10-11,14-15,21H,2-6,8-9,12-13,16-20H2,1H3;1H. The highest BCUT2D eigenvalue weighted by Gasteiger charge is 2.53. The topological polar surface area (TPSA) is 26.8 Å². The van der Waals surface area contributed by atoms with Crippen molar-refractivity contribution in [1.82, 2.24) is 9.80 Å². The molecule has 3 fully saturated rings. The molecule has 2 saturated heterocycles. The molecular weight excluding hydrogens is 382 g/mol. The zero-order valence-corrected chi connectivity index (χ0v) is 18.8. The van der Waals surface area contributed by atoms with Crippen LogP contribution in [0.4, 0.5) is 5.69 Å². The van der Waals surface area contributed by atoms with Crippen molar-refractivity contribution in [3.8, 4) is 0 Å². The van der Waals surface area contributed by atoms with Crippen LogP contribution in [0.15, 0.2) is 30.3 Å². The van der Waals surface area contributed by atoms with Crippen molar-refractivity contribution in [2.24, 2.45) is 0 Å². The fourth-order valence-electron chi connectivity index (χ4n) is 5.72. The number of carbonyl (C=O) groups is 1. The maximum atomic E-state index is 13.2. The molecule has 1 aliphatic carbocycles. The molecule has 1 spiro atoms. The molecule has 1 amide bonds. The van der Waals surface area contributed by atoms with Crippen LogP contribution in [-0.2, 0) is 4.79 Å². The molecule has 2 aliphatic heterocycles. The third-order valence-electron chi connectivity index (χ3n) is 7.40. The minimum Gasteiger partial charge on any atom is -0.339 e. The molecule has 0 aromatic heterocycles. The molecule has 4 rings (SSSR count). The summed E-state index contributed by atoms with van der Waals surface area (Å²) >= 11 is 0. The van der Waals surface area contributed by atoms with Crippen molar-refractivity contribution in [3.63, 3.8) is 0 Å². The molecule has 29 heavy (non-hydrogen) atoms. The van der Waals surface area contributed by atoms with Crippen LogP contribution in [-0.4, -0.2) is 54.1 Å². The van der Waals surface area contributed by atoms with E-state index in [2.05, 4.69) is 40.1 Å². The van der Waals surface area contributed by atoms with Gasteiger partial charge >= 0.3 is 0 Å². The Morgan fingerprint density at radius 3 is 2.00 bits per heavy atom. The van der Waals surface area contributed by atoms with E-state index in [9.17, 15) is 4.79 Å². The summed E-state index contributed by atoms with van der Waals surface area (Å²) in [5.74, 6) is 0.321. The first-order valence-electron chi connectivity index (χ1n) is 11.5. The lowest BCUT2D eigenvalue weighted by atomic mass is 9.84. The van der Waals surface area contributed by atoms with Crippen molar-refractivity contribution in [3.05, 3.63) is 30.3 Å². The van der Waals surface area contributed by atoms with E-state index >= 15 is 0 Å². The normalized spacial score (nSPS) is 24.5. The SMILES string of the molecule is CN1CN(c2ccccc2)C2(CCN(C3CCCCCCCCC3)CC2)C1=O.Cl. The van der Waals surface area contributed by atoms with Gasteiger partial charge in [0.15, 0.2) is 0 Å². The van der Waals surface area contributed by atoms with Gasteiger partial charge in [0.25, 0.3) is 0 Å². The van der Waals surface area contributed by atoms with Gasteiger partial charge < -0.3 is 14.7 Å². The van der Waals surface area contributed by atoms with E-state index in [1.807, 2.05) is 11.9 Å². The summed E-state index contributed by atoms with van der Waals surface area (Å²) in [5, 5.41) is 0. The largest absolute Gasteiger partial charge is 0.339 e. The molecule has 0 unspecified atom stereocenters. The number of rotatable bonds is 2. The number of nitrogens with zero attached hydrogens (tertiary/aromatic N) is 3. The number of halogens is 1. The van der Waals surface area contributed by atoms with E-state index < -0.39 is 0 Å². The van der Waals surface area contributed by atoms with Crippen molar-refractivity contribution in [1.29, 1.82) is 0 Å². The van der Waals surface area contributed by atoms with Crippen LogP contribution in [0.2, 0.25) is 0 Å².